The predicted octanol–water partition coefficient (Wildman–Crippen LogP) is 0.179. The van der Waals surface area contributed by atoms with Crippen LogP contribution in [0.25, 0.3) is 0 Å². The second kappa shape index (κ2) is 4.64. The van der Waals surface area contributed by atoms with E-state index in [0.29, 0.717) is 0 Å². The van der Waals surface area contributed by atoms with Crippen LogP contribution in [0.2, 0.25) is 0 Å². The fourth-order valence-corrected chi connectivity index (χ4v) is 1.98. The first kappa shape index (κ1) is 15.9. The summed E-state index contributed by atoms with van der Waals surface area (Å²) < 4.78 is 21.5. The zero-order chi connectivity index (χ0) is 14.1. The molecular weight excluding hydrogens is 246 g/mol. The highest BCUT2D eigenvalue weighted by Gasteiger charge is 2.43. The summed E-state index contributed by atoms with van der Waals surface area (Å²) >= 11 is 0. The van der Waals surface area contributed by atoms with Gasteiger partial charge in [0.05, 0.1) is 0 Å². The van der Waals surface area contributed by atoms with Crippen molar-refractivity contribution in [3.63, 3.8) is 0 Å². The summed E-state index contributed by atoms with van der Waals surface area (Å²) in [6.07, 6.45) is 0. The van der Waals surface area contributed by atoms with E-state index < -0.39 is 37.8 Å². The van der Waals surface area contributed by atoms with E-state index in [4.69, 9.17) is 5.11 Å². The maximum absolute atomic E-state index is 11.7. The molecule has 0 saturated heterocycles. The van der Waals surface area contributed by atoms with Gasteiger partial charge in [-0.3, -0.25) is 9.59 Å². The number of carbonyl (C=O) groups is 2. The number of carbonyl (C=O) groups excluding carboxylic acids is 1. The Bertz CT molecular complexity index is 416. The zero-order valence-corrected chi connectivity index (χ0v) is 11.5. The standard InChI is InChI=1S/C10H19NO5S/c1-9(2,3)11-7(12)6-17(15,16)10(4,5)8(13)14/h6H2,1-5H3,(H,11,12)(H,13,14). The molecule has 0 spiro atoms. The lowest BCUT2D eigenvalue weighted by Gasteiger charge is -2.23. The number of rotatable bonds is 4. The smallest absolute Gasteiger partial charge is 0.324 e. The highest BCUT2D eigenvalue weighted by atomic mass is 32.2. The largest absolute Gasteiger partial charge is 0.480 e. The molecule has 0 rings (SSSR count). The van der Waals surface area contributed by atoms with Gasteiger partial charge < -0.3 is 10.4 Å². The average Bonchev–Trinajstić information content (AvgIpc) is 1.97. The molecule has 0 aliphatic rings. The Kier molecular flexibility index (Phi) is 4.33. The molecule has 0 bridgehead atoms. The van der Waals surface area contributed by atoms with Crippen LogP contribution in [0.15, 0.2) is 0 Å². The normalized spacial score (nSPS) is 13.2. The average molecular weight is 265 g/mol. The summed E-state index contributed by atoms with van der Waals surface area (Å²) in [7, 11) is -4.04. The van der Waals surface area contributed by atoms with Crippen molar-refractivity contribution in [3.8, 4) is 0 Å². The third-order valence-corrected chi connectivity index (χ3v) is 4.50. The summed E-state index contributed by atoms with van der Waals surface area (Å²) in [4.78, 5) is 22.3. The van der Waals surface area contributed by atoms with Crippen LogP contribution in [-0.4, -0.2) is 41.4 Å². The number of carboxylic acid groups (broad SMARTS) is 1. The van der Waals surface area contributed by atoms with Crippen molar-refractivity contribution in [2.45, 2.75) is 44.9 Å². The Morgan fingerprint density at radius 3 is 1.82 bits per heavy atom. The molecule has 6 nitrogen and oxygen atoms in total. The molecule has 0 atom stereocenters. The van der Waals surface area contributed by atoms with Gasteiger partial charge >= 0.3 is 5.97 Å². The van der Waals surface area contributed by atoms with E-state index >= 15 is 0 Å². The van der Waals surface area contributed by atoms with E-state index in [1.165, 1.54) is 0 Å². The van der Waals surface area contributed by atoms with Gasteiger partial charge in [0.25, 0.3) is 0 Å². The first-order chi connectivity index (χ1) is 7.29. The van der Waals surface area contributed by atoms with Crippen molar-refractivity contribution in [3.05, 3.63) is 0 Å². The van der Waals surface area contributed by atoms with Crippen LogP contribution in [0.5, 0.6) is 0 Å². The van der Waals surface area contributed by atoms with Gasteiger partial charge in [0.15, 0.2) is 14.6 Å². The van der Waals surface area contributed by atoms with Crippen molar-refractivity contribution in [1.29, 1.82) is 0 Å². The van der Waals surface area contributed by atoms with Crippen LogP contribution in [0.1, 0.15) is 34.6 Å². The van der Waals surface area contributed by atoms with Crippen LogP contribution < -0.4 is 5.32 Å². The molecule has 7 heteroatoms. The number of carboxylic acids is 1. The van der Waals surface area contributed by atoms with Crippen LogP contribution in [0.4, 0.5) is 0 Å². The van der Waals surface area contributed by atoms with Gasteiger partial charge in [-0.05, 0) is 34.6 Å². The number of hydrogen-bond donors (Lipinski definition) is 2. The third kappa shape index (κ3) is 4.33. The molecule has 0 aromatic rings. The number of nitrogens with one attached hydrogen (secondary N) is 1. The topological polar surface area (TPSA) is 101 Å². The van der Waals surface area contributed by atoms with E-state index in [1.807, 2.05) is 0 Å². The summed E-state index contributed by atoms with van der Waals surface area (Å²) in [6, 6.07) is 0. The second-order valence-corrected chi connectivity index (χ2v) is 7.91. The fourth-order valence-electron chi connectivity index (χ4n) is 0.940. The van der Waals surface area contributed by atoms with Crippen LogP contribution in [0.3, 0.4) is 0 Å². The fraction of sp³-hybridized carbons (Fsp3) is 0.800. The molecular formula is C10H19NO5S. The molecule has 17 heavy (non-hydrogen) atoms. The Morgan fingerprint density at radius 2 is 1.53 bits per heavy atom. The van der Waals surface area contributed by atoms with E-state index in [2.05, 4.69) is 5.32 Å². The van der Waals surface area contributed by atoms with E-state index in [0.717, 1.165) is 13.8 Å². The molecule has 100 valence electrons. The lowest BCUT2D eigenvalue weighted by Crippen LogP contribution is -2.48. The lowest BCUT2D eigenvalue weighted by molar-refractivity contribution is -0.139. The third-order valence-electron chi connectivity index (χ3n) is 2.13. The van der Waals surface area contributed by atoms with Gasteiger partial charge in [0.2, 0.25) is 5.91 Å². The first-order valence-corrected chi connectivity index (χ1v) is 6.71. The number of hydrogen-bond acceptors (Lipinski definition) is 4. The Morgan fingerprint density at radius 1 is 1.12 bits per heavy atom. The van der Waals surface area contributed by atoms with Gasteiger partial charge in [0, 0.05) is 5.54 Å². The number of amides is 1. The van der Waals surface area contributed by atoms with Crippen LogP contribution in [-0.2, 0) is 19.4 Å². The molecule has 0 aromatic carbocycles. The molecule has 0 aliphatic carbocycles. The molecule has 0 fully saturated rings. The lowest BCUT2D eigenvalue weighted by atomic mass is 10.1. The minimum Gasteiger partial charge on any atom is -0.480 e. The molecule has 0 aromatic heterocycles. The summed E-state index contributed by atoms with van der Waals surface area (Å²) in [6.45, 7) is 7.25. The highest BCUT2D eigenvalue weighted by molar-refractivity contribution is 7.94. The monoisotopic (exact) mass is 265 g/mol. The van der Waals surface area contributed by atoms with E-state index in [1.54, 1.807) is 20.8 Å². The Hall–Kier alpha value is -1.11. The van der Waals surface area contributed by atoms with Gasteiger partial charge in [-0.1, -0.05) is 0 Å². The zero-order valence-electron chi connectivity index (χ0n) is 10.7. The Balaban J connectivity index is 4.92. The minimum absolute atomic E-state index is 0.556. The molecule has 0 saturated carbocycles. The van der Waals surface area contributed by atoms with Gasteiger partial charge in [-0.25, -0.2) is 8.42 Å². The number of aliphatic carboxylic acids is 1. The molecule has 0 aliphatic heterocycles. The van der Waals surface area contributed by atoms with Crippen molar-refractivity contribution in [2.24, 2.45) is 0 Å². The summed E-state index contributed by atoms with van der Waals surface area (Å²) in [5.41, 5.74) is -0.556. The molecule has 2 N–H and O–H groups in total. The minimum atomic E-state index is -4.04. The number of sulfone groups is 1. The Labute approximate surface area is 101 Å². The molecule has 0 unspecified atom stereocenters. The van der Waals surface area contributed by atoms with Crippen molar-refractivity contribution >= 4 is 21.7 Å². The van der Waals surface area contributed by atoms with Crippen molar-refractivity contribution < 1.29 is 23.1 Å². The van der Waals surface area contributed by atoms with Gasteiger partial charge in [-0.2, -0.15) is 0 Å². The van der Waals surface area contributed by atoms with Crippen molar-refractivity contribution in [1.82, 2.24) is 5.32 Å². The van der Waals surface area contributed by atoms with E-state index in [-0.39, 0.29) is 0 Å². The summed E-state index contributed by atoms with van der Waals surface area (Å²) in [5.74, 6) is -3.00. The molecule has 1 amide bonds. The van der Waals surface area contributed by atoms with Gasteiger partial charge in [0.1, 0.15) is 5.75 Å². The maximum Gasteiger partial charge on any atom is 0.324 e. The highest BCUT2D eigenvalue weighted by Crippen LogP contribution is 2.17. The van der Waals surface area contributed by atoms with E-state index in [9.17, 15) is 18.0 Å². The molecule has 0 radical (unpaired) electrons. The maximum atomic E-state index is 11.7. The van der Waals surface area contributed by atoms with Gasteiger partial charge in [-0.15, -0.1) is 0 Å². The van der Waals surface area contributed by atoms with Crippen LogP contribution >= 0.6 is 0 Å². The SMILES string of the molecule is CC(C)(C)NC(=O)CS(=O)(=O)C(C)(C)C(=O)O. The first-order valence-electron chi connectivity index (χ1n) is 5.06. The van der Waals surface area contributed by atoms with Crippen molar-refractivity contribution in [2.75, 3.05) is 5.75 Å². The second-order valence-electron chi connectivity index (χ2n) is 5.37. The quantitative estimate of drug-likeness (QED) is 0.755. The molecule has 0 heterocycles. The van der Waals surface area contributed by atoms with Crippen LogP contribution in [0, 0.1) is 0 Å². The predicted molar refractivity (Wildman–Crippen MR) is 63.4 cm³/mol. The summed E-state index contributed by atoms with van der Waals surface area (Å²) in [5, 5.41) is 11.3.